The van der Waals surface area contributed by atoms with E-state index in [1.54, 1.807) is 0 Å². The zero-order chi connectivity index (χ0) is 20.3. The lowest BCUT2D eigenvalue weighted by Gasteiger charge is -2.63. The van der Waals surface area contributed by atoms with E-state index in [4.69, 9.17) is 0 Å². The van der Waals surface area contributed by atoms with Crippen LogP contribution in [0.4, 0.5) is 0 Å². The number of nitrogens with zero attached hydrogens (tertiary/aromatic N) is 1. The predicted octanol–water partition coefficient (Wildman–Crippen LogP) is 5.16. The number of aliphatic hydroxyl groups is 2. The Kier molecular flexibility index (Phi) is 5.44. The molecule has 4 aliphatic rings. The van der Waals surface area contributed by atoms with E-state index in [9.17, 15) is 15.1 Å². The lowest BCUT2D eigenvalue weighted by atomic mass is 9.42. The van der Waals surface area contributed by atoms with Crippen molar-refractivity contribution >= 4 is 0 Å². The first-order valence-electron chi connectivity index (χ1n) is 12.0. The smallest absolute Gasteiger partial charge is 0.0956 e. The molecule has 4 heteroatoms. The third-order valence-electron chi connectivity index (χ3n) is 10.4. The van der Waals surface area contributed by atoms with Gasteiger partial charge in [-0.1, -0.05) is 45.7 Å². The minimum Gasteiger partial charge on any atom is -0.393 e. The molecule has 0 heterocycles. The molecule has 0 saturated heterocycles. The van der Waals surface area contributed by atoms with Crippen molar-refractivity contribution in [2.45, 2.75) is 104 Å². The molecular formula is C24H41NO3. The Labute approximate surface area is 170 Å². The fourth-order valence-electron chi connectivity index (χ4n) is 8.90. The Hall–Kier alpha value is -0.480. The molecule has 4 aliphatic carbocycles. The fraction of sp³-hybridized carbons (Fsp3) is 1.00. The summed E-state index contributed by atoms with van der Waals surface area (Å²) in [6.07, 6.45) is 8.60. The average Bonchev–Trinajstić information content (AvgIpc) is 3.02. The Balaban J connectivity index is 1.69. The van der Waals surface area contributed by atoms with Crippen molar-refractivity contribution < 1.29 is 10.2 Å². The summed E-state index contributed by atoms with van der Waals surface area (Å²) in [5.41, 5.74) is 0.0661. The second-order valence-corrected chi connectivity index (χ2v) is 11.4. The molecule has 2 N–H and O–H groups in total. The summed E-state index contributed by atoms with van der Waals surface area (Å²) in [6.45, 7) is 9.36. The molecule has 0 aromatic rings. The number of nitroso groups, excluding NO2 is 1. The van der Waals surface area contributed by atoms with Crippen LogP contribution < -0.4 is 0 Å². The first kappa shape index (κ1) is 20.8. The quantitative estimate of drug-likeness (QED) is 0.650. The highest BCUT2D eigenvalue weighted by molar-refractivity contribution is 5.15. The van der Waals surface area contributed by atoms with Gasteiger partial charge >= 0.3 is 0 Å². The van der Waals surface area contributed by atoms with Gasteiger partial charge < -0.3 is 10.2 Å². The molecule has 11 unspecified atom stereocenters. The maximum absolute atomic E-state index is 12.0. The topological polar surface area (TPSA) is 69.9 Å². The maximum Gasteiger partial charge on any atom is 0.0956 e. The van der Waals surface area contributed by atoms with Crippen LogP contribution in [0.1, 0.15) is 85.5 Å². The third kappa shape index (κ3) is 2.84. The third-order valence-corrected chi connectivity index (χ3v) is 10.4. The number of hydrogen-bond donors (Lipinski definition) is 2. The normalized spacial score (nSPS) is 54.4. The highest BCUT2D eigenvalue weighted by atomic mass is 16.3. The highest BCUT2D eigenvalue weighted by Crippen LogP contribution is 2.68. The lowest BCUT2D eigenvalue weighted by molar-refractivity contribution is -0.180. The monoisotopic (exact) mass is 391 g/mol. The van der Waals surface area contributed by atoms with E-state index in [0.717, 1.165) is 38.5 Å². The summed E-state index contributed by atoms with van der Waals surface area (Å²) < 4.78 is 0. The van der Waals surface area contributed by atoms with Crippen molar-refractivity contribution in [1.29, 1.82) is 0 Å². The van der Waals surface area contributed by atoms with Crippen LogP contribution in [-0.4, -0.2) is 28.5 Å². The number of aliphatic hydroxyl groups excluding tert-OH is 2. The molecule has 0 radical (unpaired) electrons. The first-order valence-corrected chi connectivity index (χ1v) is 12.0. The second kappa shape index (κ2) is 7.34. The second-order valence-electron chi connectivity index (χ2n) is 11.4. The van der Waals surface area contributed by atoms with Gasteiger partial charge in [-0.25, -0.2) is 0 Å². The zero-order valence-corrected chi connectivity index (χ0v) is 18.3. The highest BCUT2D eigenvalue weighted by Gasteiger charge is 2.66. The molecule has 4 fully saturated rings. The molecule has 0 bridgehead atoms. The summed E-state index contributed by atoms with van der Waals surface area (Å²) in [7, 11) is 0. The van der Waals surface area contributed by atoms with Crippen molar-refractivity contribution in [2.75, 3.05) is 0 Å². The van der Waals surface area contributed by atoms with Gasteiger partial charge in [0.15, 0.2) is 0 Å². The minimum atomic E-state index is -0.278. The standard InChI is InChI=1S/C24H41NO3/c1-5-6-14(2)17-7-8-18-22-19(13-21(27)24(17,18)4)23(3)10-9-16(26)11-15(23)12-20(22)25-28/h14-22,26-27H,5-13H2,1-4H3. The summed E-state index contributed by atoms with van der Waals surface area (Å²) in [6, 6.07) is -0.134. The molecular weight excluding hydrogens is 350 g/mol. The summed E-state index contributed by atoms with van der Waals surface area (Å²) in [5, 5.41) is 25.5. The Bertz CT molecular complexity index is 596. The van der Waals surface area contributed by atoms with Crippen LogP contribution in [0.5, 0.6) is 0 Å². The van der Waals surface area contributed by atoms with E-state index < -0.39 is 0 Å². The van der Waals surface area contributed by atoms with Gasteiger partial charge in [0.1, 0.15) is 0 Å². The lowest BCUT2D eigenvalue weighted by Crippen LogP contribution is -2.62. The maximum atomic E-state index is 12.0. The Morgan fingerprint density at radius 3 is 2.50 bits per heavy atom. The van der Waals surface area contributed by atoms with E-state index in [1.807, 2.05) is 0 Å². The Morgan fingerprint density at radius 1 is 1.07 bits per heavy atom. The van der Waals surface area contributed by atoms with Crippen molar-refractivity contribution in [1.82, 2.24) is 0 Å². The van der Waals surface area contributed by atoms with Crippen LogP contribution in [-0.2, 0) is 0 Å². The number of rotatable bonds is 4. The van der Waals surface area contributed by atoms with Crippen molar-refractivity contribution in [2.24, 2.45) is 51.5 Å². The van der Waals surface area contributed by atoms with Gasteiger partial charge in [-0.2, -0.15) is 4.91 Å². The van der Waals surface area contributed by atoms with Crippen LogP contribution in [0.15, 0.2) is 5.18 Å². The first-order chi connectivity index (χ1) is 13.3. The van der Waals surface area contributed by atoms with Gasteiger partial charge in [0, 0.05) is 0 Å². The largest absolute Gasteiger partial charge is 0.393 e. The average molecular weight is 392 g/mol. The molecule has 0 aromatic heterocycles. The summed E-state index contributed by atoms with van der Waals surface area (Å²) >= 11 is 0. The Morgan fingerprint density at radius 2 is 1.82 bits per heavy atom. The molecule has 160 valence electrons. The minimum absolute atomic E-state index is 0.0733. The summed E-state index contributed by atoms with van der Waals surface area (Å²) in [5.74, 6) is 2.66. The molecule has 0 aliphatic heterocycles. The molecule has 0 aromatic carbocycles. The van der Waals surface area contributed by atoms with E-state index in [-0.39, 0.29) is 29.1 Å². The van der Waals surface area contributed by atoms with Crippen molar-refractivity contribution in [3.8, 4) is 0 Å². The van der Waals surface area contributed by atoms with Crippen molar-refractivity contribution in [3.63, 3.8) is 0 Å². The predicted molar refractivity (Wildman–Crippen MR) is 112 cm³/mol. The van der Waals surface area contributed by atoms with Crippen LogP contribution in [0.3, 0.4) is 0 Å². The number of hydrogen-bond acceptors (Lipinski definition) is 4. The molecule has 0 amide bonds. The van der Waals surface area contributed by atoms with Gasteiger partial charge in [-0.05, 0) is 91.3 Å². The molecule has 28 heavy (non-hydrogen) atoms. The molecule has 0 spiro atoms. The van der Waals surface area contributed by atoms with Crippen LogP contribution in [0, 0.1) is 51.2 Å². The van der Waals surface area contributed by atoms with Crippen LogP contribution in [0.2, 0.25) is 0 Å². The molecule has 4 saturated carbocycles. The van der Waals surface area contributed by atoms with Gasteiger partial charge in [0.25, 0.3) is 0 Å². The SMILES string of the molecule is CCCC(C)C1CCC2C3C(N=O)CC4CC(O)CCC4(C)C3CC(O)C12C. The number of fused-ring (bicyclic) bond motifs is 5. The van der Waals surface area contributed by atoms with E-state index >= 15 is 0 Å². The van der Waals surface area contributed by atoms with Gasteiger partial charge in [-0.3, -0.25) is 0 Å². The van der Waals surface area contributed by atoms with Crippen molar-refractivity contribution in [3.05, 3.63) is 4.91 Å². The van der Waals surface area contributed by atoms with Gasteiger partial charge in [0.05, 0.1) is 18.2 Å². The summed E-state index contributed by atoms with van der Waals surface area (Å²) in [4.78, 5) is 12.0. The van der Waals surface area contributed by atoms with E-state index in [0.29, 0.717) is 35.5 Å². The zero-order valence-electron chi connectivity index (χ0n) is 18.3. The molecule has 4 rings (SSSR count). The van der Waals surface area contributed by atoms with Gasteiger partial charge in [-0.15, -0.1) is 0 Å². The van der Waals surface area contributed by atoms with E-state index in [2.05, 4.69) is 32.9 Å². The fourth-order valence-corrected chi connectivity index (χ4v) is 8.90. The molecule has 11 atom stereocenters. The van der Waals surface area contributed by atoms with Gasteiger partial charge in [0.2, 0.25) is 0 Å². The molecule has 4 nitrogen and oxygen atoms in total. The van der Waals surface area contributed by atoms with Crippen LogP contribution in [0.25, 0.3) is 0 Å². The van der Waals surface area contributed by atoms with Crippen LogP contribution >= 0.6 is 0 Å². The van der Waals surface area contributed by atoms with E-state index in [1.165, 1.54) is 19.3 Å².